The third kappa shape index (κ3) is 3.87. The standard InChI is InChI=1S/C25H29ClFN5/c1-3-31-12-9-17(10-13-31)18-7-8-19-20(15-18)22(11-14-32-25(19)16(2)29-30-32)28-23-6-4-5-21(26)24(23)27/h4-9,15,22,28-30H,3,10-14H2,1-2H3. The van der Waals surface area contributed by atoms with E-state index in [1.165, 1.54) is 16.7 Å². The number of nitrogens with zero attached hydrogens (tertiary/aromatic N) is 2. The summed E-state index contributed by atoms with van der Waals surface area (Å²) in [4.78, 5) is 2.45. The van der Waals surface area contributed by atoms with Crippen LogP contribution >= 0.6 is 11.6 Å². The van der Waals surface area contributed by atoms with Crippen molar-refractivity contribution in [1.82, 2.24) is 20.9 Å². The van der Waals surface area contributed by atoms with Gasteiger partial charge in [0.05, 0.1) is 28.1 Å². The molecule has 5 rings (SSSR count). The van der Waals surface area contributed by atoms with Crippen molar-refractivity contribution in [2.24, 2.45) is 0 Å². The first-order valence-electron chi connectivity index (χ1n) is 11.3. The average Bonchev–Trinajstić information content (AvgIpc) is 3.11. The molecule has 0 bridgehead atoms. The minimum atomic E-state index is -0.401. The highest BCUT2D eigenvalue weighted by atomic mass is 35.5. The number of benzene rings is 2. The summed E-state index contributed by atoms with van der Waals surface area (Å²) in [6, 6.07) is 11.8. The molecule has 7 heteroatoms. The number of anilines is 1. The van der Waals surface area contributed by atoms with Crippen LogP contribution in [0.25, 0.3) is 11.3 Å². The number of hydrogen-bond donors (Lipinski definition) is 3. The zero-order valence-corrected chi connectivity index (χ0v) is 19.3. The Kier molecular flexibility index (Phi) is 5.84. The van der Waals surface area contributed by atoms with Gasteiger partial charge in [0, 0.05) is 25.2 Å². The summed E-state index contributed by atoms with van der Waals surface area (Å²) in [5, 5.41) is 5.73. The Morgan fingerprint density at radius 3 is 2.88 bits per heavy atom. The topological polar surface area (TPSA) is 42.6 Å². The van der Waals surface area contributed by atoms with Crippen molar-refractivity contribution in [3.8, 4) is 0 Å². The van der Waals surface area contributed by atoms with Gasteiger partial charge in [-0.25, -0.2) is 4.39 Å². The van der Waals surface area contributed by atoms with E-state index in [1.807, 2.05) is 0 Å². The molecule has 32 heavy (non-hydrogen) atoms. The van der Waals surface area contributed by atoms with Gasteiger partial charge in [0.15, 0.2) is 5.82 Å². The molecule has 0 fully saturated rings. The van der Waals surface area contributed by atoms with E-state index in [1.54, 1.807) is 18.2 Å². The fourth-order valence-corrected chi connectivity index (χ4v) is 5.05. The van der Waals surface area contributed by atoms with Gasteiger partial charge in [-0.05, 0) is 61.2 Å². The molecule has 0 saturated heterocycles. The van der Waals surface area contributed by atoms with Crippen LogP contribution in [0.3, 0.4) is 0 Å². The van der Waals surface area contributed by atoms with Gasteiger partial charge >= 0.3 is 0 Å². The molecule has 3 aliphatic rings. The van der Waals surface area contributed by atoms with Crippen LogP contribution in [0.1, 0.15) is 49.4 Å². The molecule has 1 atom stereocenters. The molecule has 168 valence electrons. The fraction of sp³-hybridized carbons (Fsp3) is 0.360. The van der Waals surface area contributed by atoms with E-state index in [0.717, 1.165) is 56.0 Å². The molecule has 0 radical (unpaired) electrons. The van der Waals surface area contributed by atoms with Crippen LogP contribution in [-0.4, -0.2) is 36.1 Å². The number of likely N-dealkylation sites (N-methyl/N-ethyl adjacent to an activating group) is 1. The molecule has 3 N–H and O–H groups in total. The van der Waals surface area contributed by atoms with Gasteiger partial charge in [0.1, 0.15) is 0 Å². The molecule has 0 aliphatic carbocycles. The molecule has 3 aliphatic heterocycles. The van der Waals surface area contributed by atoms with Crippen molar-refractivity contribution >= 4 is 28.6 Å². The van der Waals surface area contributed by atoms with E-state index in [0.29, 0.717) is 5.69 Å². The second-order valence-electron chi connectivity index (χ2n) is 8.62. The summed E-state index contributed by atoms with van der Waals surface area (Å²) in [5.41, 5.74) is 14.2. The van der Waals surface area contributed by atoms with Crippen molar-refractivity contribution in [2.75, 3.05) is 31.5 Å². The van der Waals surface area contributed by atoms with Gasteiger partial charge in [0.2, 0.25) is 0 Å². The monoisotopic (exact) mass is 453 g/mol. The number of allylic oxidation sites excluding steroid dienone is 1. The lowest BCUT2D eigenvalue weighted by molar-refractivity contribution is 0.281. The number of rotatable bonds is 4. The Bertz CT molecular complexity index is 1100. The van der Waals surface area contributed by atoms with Crippen LogP contribution in [0, 0.1) is 5.82 Å². The SMILES string of the molecule is CCN1CC=C(c2ccc3c(c2)C(Nc2cccc(Cl)c2F)CCN2NNC(C)=C32)CC1. The van der Waals surface area contributed by atoms with Gasteiger partial charge in [0.25, 0.3) is 0 Å². The Morgan fingerprint density at radius 2 is 2.09 bits per heavy atom. The minimum Gasteiger partial charge on any atom is -0.376 e. The summed E-state index contributed by atoms with van der Waals surface area (Å²) in [6.07, 6.45) is 4.21. The molecule has 2 aromatic rings. The van der Waals surface area contributed by atoms with E-state index < -0.39 is 5.82 Å². The van der Waals surface area contributed by atoms with Gasteiger partial charge < -0.3 is 10.7 Å². The van der Waals surface area contributed by atoms with Crippen molar-refractivity contribution in [3.05, 3.63) is 75.7 Å². The van der Waals surface area contributed by atoms with Gasteiger partial charge in [-0.15, -0.1) is 5.53 Å². The number of hydrogen-bond acceptors (Lipinski definition) is 5. The predicted octanol–water partition coefficient (Wildman–Crippen LogP) is 5.16. The highest BCUT2D eigenvalue weighted by Crippen LogP contribution is 2.39. The van der Waals surface area contributed by atoms with Crippen LogP contribution in [0.2, 0.25) is 5.02 Å². The quantitative estimate of drug-likeness (QED) is 0.596. The van der Waals surface area contributed by atoms with Crippen LogP contribution in [0.5, 0.6) is 0 Å². The fourth-order valence-electron chi connectivity index (χ4n) is 4.88. The van der Waals surface area contributed by atoms with Crippen LogP contribution < -0.4 is 16.3 Å². The molecule has 3 heterocycles. The lowest BCUT2D eigenvalue weighted by Gasteiger charge is -2.26. The molecule has 1 unspecified atom stereocenters. The number of nitrogens with one attached hydrogen (secondary N) is 3. The maximum absolute atomic E-state index is 14.7. The molecule has 0 aromatic heterocycles. The second kappa shape index (κ2) is 8.77. The second-order valence-corrected chi connectivity index (χ2v) is 9.03. The summed E-state index contributed by atoms with van der Waals surface area (Å²) in [5.74, 6) is -0.401. The van der Waals surface area contributed by atoms with Crippen molar-refractivity contribution in [1.29, 1.82) is 0 Å². The van der Waals surface area contributed by atoms with Crippen LogP contribution in [-0.2, 0) is 0 Å². The van der Waals surface area contributed by atoms with Gasteiger partial charge in [-0.3, -0.25) is 9.91 Å². The Morgan fingerprint density at radius 1 is 1.22 bits per heavy atom. The van der Waals surface area contributed by atoms with Crippen molar-refractivity contribution < 1.29 is 4.39 Å². The summed E-state index contributed by atoms with van der Waals surface area (Å²) in [7, 11) is 0. The maximum atomic E-state index is 14.7. The van der Waals surface area contributed by atoms with E-state index in [2.05, 4.69) is 64.3 Å². The Hall–Kier alpha value is -2.54. The van der Waals surface area contributed by atoms with E-state index in [9.17, 15) is 4.39 Å². The molecule has 0 saturated carbocycles. The largest absolute Gasteiger partial charge is 0.376 e. The minimum absolute atomic E-state index is 0.0399. The van der Waals surface area contributed by atoms with Crippen LogP contribution in [0.4, 0.5) is 10.1 Å². The molecule has 0 amide bonds. The lowest BCUT2D eigenvalue weighted by atomic mass is 9.90. The molecule has 0 spiro atoms. The zero-order valence-electron chi connectivity index (χ0n) is 18.5. The highest BCUT2D eigenvalue weighted by molar-refractivity contribution is 6.31. The van der Waals surface area contributed by atoms with Crippen molar-refractivity contribution in [2.45, 2.75) is 32.7 Å². The third-order valence-electron chi connectivity index (χ3n) is 6.72. The number of fused-ring (bicyclic) bond motifs is 3. The van der Waals surface area contributed by atoms with E-state index in [-0.39, 0.29) is 11.1 Å². The first-order valence-corrected chi connectivity index (χ1v) is 11.7. The number of hydrazine groups is 2. The molecule has 2 aromatic carbocycles. The third-order valence-corrected chi connectivity index (χ3v) is 7.01. The van der Waals surface area contributed by atoms with Crippen LogP contribution in [0.15, 0.2) is 48.2 Å². The number of halogens is 2. The first kappa shape index (κ1) is 21.3. The predicted molar refractivity (Wildman–Crippen MR) is 129 cm³/mol. The summed E-state index contributed by atoms with van der Waals surface area (Å²) >= 11 is 6.05. The first-order chi connectivity index (χ1) is 15.5. The summed E-state index contributed by atoms with van der Waals surface area (Å²) < 4.78 is 14.7. The normalized spacial score (nSPS) is 20.9. The average molecular weight is 454 g/mol. The smallest absolute Gasteiger partial charge is 0.164 e. The molecule has 5 nitrogen and oxygen atoms in total. The van der Waals surface area contributed by atoms with Crippen molar-refractivity contribution in [3.63, 3.8) is 0 Å². The van der Waals surface area contributed by atoms with Gasteiger partial charge in [-0.2, -0.15) is 0 Å². The maximum Gasteiger partial charge on any atom is 0.164 e. The molecular formula is C25H29ClFN5. The Balaban J connectivity index is 1.56. The zero-order chi connectivity index (χ0) is 22.2. The Labute approximate surface area is 193 Å². The highest BCUT2D eigenvalue weighted by Gasteiger charge is 2.31. The van der Waals surface area contributed by atoms with E-state index in [4.69, 9.17) is 11.6 Å². The summed E-state index contributed by atoms with van der Waals surface area (Å²) in [6.45, 7) is 8.22. The van der Waals surface area contributed by atoms with E-state index >= 15 is 0 Å². The van der Waals surface area contributed by atoms with Gasteiger partial charge in [-0.1, -0.05) is 42.8 Å². The molecular weight excluding hydrogens is 425 g/mol. The lowest BCUT2D eigenvalue weighted by Crippen LogP contribution is -2.38.